The highest BCUT2D eigenvalue weighted by Gasteiger charge is 2.36. The van der Waals surface area contributed by atoms with Crippen molar-refractivity contribution in [3.63, 3.8) is 0 Å². The van der Waals surface area contributed by atoms with Crippen molar-refractivity contribution in [3.8, 4) is 27.9 Å². The molecular formula is C59H47N3. The second-order valence-corrected chi connectivity index (χ2v) is 17.2. The topological polar surface area (TPSA) is 11.4 Å². The van der Waals surface area contributed by atoms with Gasteiger partial charge in [-0.1, -0.05) is 152 Å². The molecule has 1 aromatic heterocycles. The van der Waals surface area contributed by atoms with Gasteiger partial charge in [0.2, 0.25) is 0 Å². The number of rotatable bonds is 8. The Hall–Kier alpha value is -7.62. The van der Waals surface area contributed by atoms with Gasteiger partial charge in [0.1, 0.15) is 0 Å². The third-order valence-corrected chi connectivity index (χ3v) is 12.9. The van der Waals surface area contributed by atoms with Gasteiger partial charge in [0.25, 0.3) is 0 Å². The van der Waals surface area contributed by atoms with Gasteiger partial charge in [-0.25, -0.2) is 0 Å². The summed E-state index contributed by atoms with van der Waals surface area (Å²) in [5.74, 6) is 0. The van der Waals surface area contributed by atoms with Crippen molar-refractivity contribution >= 4 is 55.9 Å². The van der Waals surface area contributed by atoms with Crippen molar-refractivity contribution in [3.05, 3.63) is 235 Å². The molecule has 0 amide bonds. The van der Waals surface area contributed by atoms with Crippen LogP contribution in [-0.2, 0) is 5.41 Å². The monoisotopic (exact) mass is 797 g/mol. The Labute approximate surface area is 364 Å². The minimum Gasteiger partial charge on any atom is -0.310 e. The van der Waals surface area contributed by atoms with Gasteiger partial charge in [0, 0.05) is 50.3 Å². The van der Waals surface area contributed by atoms with Gasteiger partial charge >= 0.3 is 0 Å². The van der Waals surface area contributed by atoms with Crippen LogP contribution in [0.1, 0.15) is 36.1 Å². The van der Waals surface area contributed by atoms with Crippen LogP contribution >= 0.6 is 0 Å². The van der Waals surface area contributed by atoms with E-state index < -0.39 is 0 Å². The lowest BCUT2D eigenvalue weighted by Gasteiger charge is -2.36. The Morgan fingerprint density at radius 2 is 0.774 bits per heavy atom. The number of hydrogen-bond donors (Lipinski definition) is 0. The lowest BCUT2D eigenvalue weighted by atomic mass is 9.74. The molecule has 62 heavy (non-hydrogen) atoms. The number of fused-ring (bicyclic) bond motifs is 5. The van der Waals surface area contributed by atoms with Gasteiger partial charge in [-0.2, -0.15) is 0 Å². The number of aryl methyl sites for hydroxylation is 2. The van der Waals surface area contributed by atoms with E-state index >= 15 is 0 Å². The summed E-state index contributed by atoms with van der Waals surface area (Å²) in [5.41, 5.74) is 20.1. The second kappa shape index (κ2) is 14.8. The van der Waals surface area contributed by atoms with Crippen LogP contribution in [-0.4, -0.2) is 4.57 Å². The van der Waals surface area contributed by atoms with Crippen molar-refractivity contribution in [2.45, 2.75) is 33.1 Å². The zero-order valence-corrected chi connectivity index (χ0v) is 35.5. The van der Waals surface area contributed by atoms with E-state index in [1.807, 2.05) is 0 Å². The molecule has 1 aliphatic rings. The lowest BCUT2D eigenvalue weighted by molar-refractivity contribution is 0.630. The zero-order valence-electron chi connectivity index (χ0n) is 35.5. The average Bonchev–Trinajstić information content (AvgIpc) is 3.64. The maximum absolute atomic E-state index is 2.52. The van der Waals surface area contributed by atoms with Crippen molar-refractivity contribution in [1.29, 1.82) is 0 Å². The van der Waals surface area contributed by atoms with Crippen LogP contribution < -0.4 is 9.80 Å². The Morgan fingerprint density at radius 1 is 0.355 bits per heavy atom. The second-order valence-electron chi connectivity index (χ2n) is 17.2. The molecule has 0 aliphatic carbocycles. The van der Waals surface area contributed by atoms with E-state index in [-0.39, 0.29) is 5.41 Å². The fraction of sp³-hybridized carbons (Fsp3) is 0.0847. The Kier molecular flexibility index (Phi) is 8.94. The molecule has 11 rings (SSSR count). The summed E-state index contributed by atoms with van der Waals surface area (Å²) >= 11 is 0. The Morgan fingerprint density at radius 3 is 1.31 bits per heavy atom. The number of benzene rings is 9. The highest BCUT2D eigenvalue weighted by atomic mass is 15.2. The van der Waals surface area contributed by atoms with Crippen LogP contribution in [0.25, 0.3) is 49.7 Å². The van der Waals surface area contributed by atoms with Gasteiger partial charge in [0.15, 0.2) is 0 Å². The third-order valence-electron chi connectivity index (χ3n) is 12.9. The number of nitrogens with zero attached hydrogens (tertiary/aromatic N) is 3. The maximum Gasteiger partial charge on any atom is 0.0583 e. The molecule has 0 spiro atoms. The molecule has 9 aromatic carbocycles. The van der Waals surface area contributed by atoms with Gasteiger partial charge in [-0.3, -0.25) is 0 Å². The summed E-state index contributed by atoms with van der Waals surface area (Å²) in [6.07, 6.45) is 0. The zero-order chi connectivity index (χ0) is 42.0. The number of anilines is 6. The summed E-state index contributed by atoms with van der Waals surface area (Å²) in [5, 5.41) is 2.45. The Bertz CT molecular complexity index is 3230. The molecular weight excluding hydrogens is 751 g/mol. The van der Waals surface area contributed by atoms with E-state index in [2.05, 4.69) is 254 Å². The third kappa shape index (κ3) is 6.28. The number of aromatic nitrogens is 1. The van der Waals surface area contributed by atoms with Gasteiger partial charge in [0.05, 0.1) is 16.7 Å². The normalized spacial score (nSPS) is 12.6. The van der Waals surface area contributed by atoms with E-state index in [0.29, 0.717) is 0 Å². The van der Waals surface area contributed by atoms with E-state index in [1.54, 1.807) is 0 Å². The predicted molar refractivity (Wildman–Crippen MR) is 263 cm³/mol. The first-order valence-corrected chi connectivity index (χ1v) is 21.6. The number of hydrogen-bond acceptors (Lipinski definition) is 2. The minimum absolute atomic E-state index is 0.261. The quantitative estimate of drug-likeness (QED) is 0.152. The largest absolute Gasteiger partial charge is 0.310 e. The van der Waals surface area contributed by atoms with Gasteiger partial charge < -0.3 is 14.4 Å². The van der Waals surface area contributed by atoms with Crippen LogP contribution in [0.4, 0.5) is 34.1 Å². The summed E-state index contributed by atoms with van der Waals surface area (Å²) in [6, 6.07) is 78.0. The average molecular weight is 798 g/mol. The molecule has 0 fully saturated rings. The van der Waals surface area contributed by atoms with Crippen molar-refractivity contribution < 1.29 is 0 Å². The SMILES string of the molecule is Cc1ccc(N(c2ccc(-c3ccccc3)cc2)c2ccc3c(c2)c2cc(N(c4ccc(C)cc4)c4ccc(-c5ccccc5)cc4)cc4c2n3-c2ccccc2C4(C)C)cc1. The highest BCUT2D eigenvalue weighted by Crippen LogP contribution is 2.51. The standard InChI is InChI=1S/C59H47N3/c1-40-19-27-46(28-20-40)60(48-31-23-44(24-32-48)42-13-7-5-8-14-42)50-35-36-56-52(37-50)53-38-51(39-55-58(53)62(56)57-18-12-11-17-54(57)59(55,3)4)61(47-29-21-41(2)22-30-47)49-33-25-45(26-34-49)43-15-9-6-10-16-43/h5-39H,1-4H3. The molecule has 0 atom stereocenters. The van der Waals surface area contributed by atoms with E-state index in [4.69, 9.17) is 0 Å². The molecule has 298 valence electrons. The van der Waals surface area contributed by atoms with Crippen LogP contribution in [0.2, 0.25) is 0 Å². The van der Waals surface area contributed by atoms with E-state index in [9.17, 15) is 0 Å². The van der Waals surface area contributed by atoms with Crippen molar-refractivity contribution in [1.82, 2.24) is 4.57 Å². The predicted octanol–water partition coefficient (Wildman–Crippen LogP) is 16.3. The lowest BCUT2D eigenvalue weighted by Crippen LogP contribution is -2.26. The van der Waals surface area contributed by atoms with Crippen LogP contribution in [0, 0.1) is 13.8 Å². The van der Waals surface area contributed by atoms with E-state index in [0.717, 1.165) is 34.1 Å². The fourth-order valence-electron chi connectivity index (χ4n) is 9.61. The highest BCUT2D eigenvalue weighted by molar-refractivity contribution is 6.14. The Balaban J connectivity index is 1.15. The van der Waals surface area contributed by atoms with Gasteiger partial charge in [-0.05, 0) is 132 Å². The molecule has 0 unspecified atom stereocenters. The smallest absolute Gasteiger partial charge is 0.0583 e. The molecule has 0 radical (unpaired) electrons. The summed E-state index contributed by atoms with van der Waals surface area (Å²) in [7, 11) is 0. The summed E-state index contributed by atoms with van der Waals surface area (Å²) in [4.78, 5) is 4.83. The maximum atomic E-state index is 2.52. The summed E-state index contributed by atoms with van der Waals surface area (Å²) < 4.78 is 2.52. The summed E-state index contributed by atoms with van der Waals surface area (Å²) in [6.45, 7) is 9.08. The van der Waals surface area contributed by atoms with Crippen LogP contribution in [0.15, 0.2) is 212 Å². The first-order chi connectivity index (χ1) is 30.3. The molecule has 3 heteroatoms. The van der Waals surface area contributed by atoms with Crippen molar-refractivity contribution in [2.24, 2.45) is 0 Å². The minimum atomic E-state index is -0.261. The van der Waals surface area contributed by atoms with E-state index in [1.165, 1.54) is 72.0 Å². The molecule has 10 aromatic rings. The molecule has 0 bridgehead atoms. The first-order valence-electron chi connectivity index (χ1n) is 21.6. The number of para-hydroxylation sites is 1. The fourth-order valence-corrected chi connectivity index (χ4v) is 9.61. The molecule has 3 nitrogen and oxygen atoms in total. The molecule has 1 aliphatic heterocycles. The molecule has 2 heterocycles. The molecule has 0 N–H and O–H groups in total. The van der Waals surface area contributed by atoms with Crippen molar-refractivity contribution in [2.75, 3.05) is 9.80 Å². The van der Waals surface area contributed by atoms with Gasteiger partial charge in [-0.15, -0.1) is 0 Å². The van der Waals surface area contributed by atoms with Crippen LogP contribution in [0.5, 0.6) is 0 Å². The van der Waals surface area contributed by atoms with Crippen LogP contribution in [0.3, 0.4) is 0 Å². The first kappa shape index (κ1) is 37.4. The molecule has 0 saturated carbocycles. The molecule has 0 saturated heterocycles.